The van der Waals surface area contributed by atoms with E-state index in [2.05, 4.69) is 27.8 Å². The summed E-state index contributed by atoms with van der Waals surface area (Å²) in [7, 11) is 0. The number of hydrogen-bond donors (Lipinski definition) is 1. The van der Waals surface area contributed by atoms with E-state index in [0.717, 1.165) is 36.9 Å². The van der Waals surface area contributed by atoms with Crippen LogP contribution in [0.2, 0.25) is 5.02 Å². The van der Waals surface area contributed by atoms with E-state index in [1.807, 2.05) is 25.1 Å². The molecule has 1 N–H and O–H groups in total. The Morgan fingerprint density at radius 3 is 2.76 bits per heavy atom. The Kier molecular flexibility index (Phi) is 5.65. The van der Waals surface area contributed by atoms with Gasteiger partial charge in [0.25, 0.3) is 0 Å². The summed E-state index contributed by atoms with van der Waals surface area (Å²) < 4.78 is 0. The number of carbonyl (C=O) groups is 1. The summed E-state index contributed by atoms with van der Waals surface area (Å²) in [4.78, 5) is 16.5. The molecule has 114 valence electrons. The summed E-state index contributed by atoms with van der Waals surface area (Å²) >= 11 is 6.04. The number of carbonyl (C=O) groups excluding carboxylic acids is 1. The largest absolute Gasteiger partial charge is 0.369 e. The zero-order valence-electron chi connectivity index (χ0n) is 12.4. The highest BCUT2D eigenvalue weighted by atomic mass is 35.5. The second kappa shape index (κ2) is 7.48. The molecule has 0 saturated carbocycles. The lowest BCUT2D eigenvalue weighted by atomic mass is 10.2. The summed E-state index contributed by atoms with van der Waals surface area (Å²) in [6.45, 7) is 9.63. The fraction of sp³-hybridized carbons (Fsp3) is 0.438. The van der Waals surface area contributed by atoms with E-state index in [-0.39, 0.29) is 11.9 Å². The van der Waals surface area contributed by atoms with Gasteiger partial charge in [-0.2, -0.15) is 0 Å². The summed E-state index contributed by atoms with van der Waals surface area (Å²) in [5, 5.41) is 3.61. The van der Waals surface area contributed by atoms with Gasteiger partial charge in [0, 0.05) is 43.4 Å². The molecule has 5 heteroatoms. The van der Waals surface area contributed by atoms with Gasteiger partial charge < -0.3 is 10.2 Å². The van der Waals surface area contributed by atoms with Crippen LogP contribution in [0.3, 0.4) is 0 Å². The quantitative estimate of drug-likeness (QED) is 0.847. The van der Waals surface area contributed by atoms with Crippen LogP contribution in [0.15, 0.2) is 36.9 Å². The van der Waals surface area contributed by atoms with E-state index < -0.39 is 0 Å². The minimum absolute atomic E-state index is 0.0612. The van der Waals surface area contributed by atoms with Crippen LogP contribution in [0, 0.1) is 0 Å². The van der Waals surface area contributed by atoms with Crippen molar-refractivity contribution in [1.29, 1.82) is 0 Å². The van der Waals surface area contributed by atoms with Gasteiger partial charge in [0.05, 0.1) is 6.04 Å². The molecule has 1 atom stereocenters. The molecule has 21 heavy (non-hydrogen) atoms. The average Bonchev–Trinajstić information content (AvgIpc) is 2.52. The van der Waals surface area contributed by atoms with Gasteiger partial charge in [0.15, 0.2) is 0 Å². The smallest absolute Gasteiger partial charge is 0.237 e. The van der Waals surface area contributed by atoms with E-state index in [0.29, 0.717) is 6.54 Å². The van der Waals surface area contributed by atoms with Crippen LogP contribution in [-0.4, -0.2) is 49.6 Å². The monoisotopic (exact) mass is 307 g/mol. The highest BCUT2D eigenvalue weighted by Crippen LogP contribution is 2.21. The average molecular weight is 308 g/mol. The molecule has 1 aliphatic rings. The Hall–Kier alpha value is -1.52. The van der Waals surface area contributed by atoms with Crippen molar-refractivity contribution in [2.75, 3.05) is 37.6 Å². The van der Waals surface area contributed by atoms with Crippen molar-refractivity contribution in [3.8, 4) is 0 Å². The molecule has 1 saturated heterocycles. The van der Waals surface area contributed by atoms with Gasteiger partial charge in [0.1, 0.15) is 0 Å². The summed E-state index contributed by atoms with van der Waals surface area (Å²) in [6, 6.07) is 7.80. The topological polar surface area (TPSA) is 35.6 Å². The first-order valence-corrected chi connectivity index (χ1v) is 7.63. The van der Waals surface area contributed by atoms with Gasteiger partial charge in [0.2, 0.25) is 5.91 Å². The summed E-state index contributed by atoms with van der Waals surface area (Å²) in [5.74, 6) is 0.0612. The third kappa shape index (κ3) is 4.22. The number of hydrogen-bond acceptors (Lipinski definition) is 3. The number of piperazine rings is 1. The fourth-order valence-corrected chi connectivity index (χ4v) is 2.71. The zero-order chi connectivity index (χ0) is 15.2. The number of anilines is 1. The maximum absolute atomic E-state index is 12.0. The maximum atomic E-state index is 12.0. The third-order valence-corrected chi connectivity index (χ3v) is 4.07. The van der Waals surface area contributed by atoms with Crippen LogP contribution >= 0.6 is 11.6 Å². The molecule has 0 aliphatic carbocycles. The molecule has 2 rings (SSSR count). The Balaban J connectivity index is 1.88. The van der Waals surface area contributed by atoms with Crippen molar-refractivity contribution in [2.45, 2.75) is 13.0 Å². The van der Waals surface area contributed by atoms with Crippen molar-refractivity contribution in [3.63, 3.8) is 0 Å². The Bertz CT molecular complexity index is 498. The van der Waals surface area contributed by atoms with Gasteiger partial charge in [-0.15, -0.1) is 6.58 Å². The number of nitrogens with one attached hydrogen (secondary N) is 1. The molecular weight excluding hydrogens is 286 g/mol. The van der Waals surface area contributed by atoms with Crippen molar-refractivity contribution in [2.24, 2.45) is 0 Å². The van der Waals surface area contributed by atoms with Crippen LogP contribution in [0.4, 0.5) is 5.69 Å². The third-order valence-electron chi connectivity index (χ3n) is 3.84. The van der Waals surface area contributed by atoms with Crippen molar-refractivity contribution in [1.82, 2.24) is 10.2 Å². The van der Waals surface area contributed by atoms with Gasteiger partial charge in [-0.1, -0.05) is 23.7 Å². The van der Waals surface area contributed by atoms with Crippen molar-refractivity contribution >= 4 is 23.2 Å². The first-order chi connectivity index (χ1) is 10.1. The standard InChI is InChI=1S/C16H22ClN3O/c1-3-7-18-16(21)13(2)19-8-10-20(11-9-19)15-6-4-5-14(17)12-15/h3-6,12-13H,1,7-11H2,2H3,(H,18,21). The van der Waals surface area contributed by atoms with E-state index in [1.54, 1.807) is 6.08 Å². The van der Waals surface area contributed by atoms with Crippen LogP contribution in [0.5, 0.6) is 0 Å². The second-order valence-electron chi connectivity index (χ2n) is 5.21. The first-order valence-electron chi connectivity index (χ1n) is 7.25. The molecule has 0 spiro atoms. The van der Waals surface area contributed by atoms with Crippen LogP contribution in [-0.2, 0) is 4.79 Å². The normalized spacial score (nSPS) is 17.3. The molecule has 1 heterocycles. The van der Waals surface area contributed by atoms with Gasteiger partial charge >= 0.3 is 0 Å². The highest BCUT2D eigenvalue weighted by molar-refractivity contribution is 6.30. The predicted octanol–water partition coefficient (Wildman–Crippen LogP) is 2.15. The van der Waals surface area contributed by atoms with E-state index in [1.165, 1.54) is 0 Å². The molecule has 1 aromatic carbocycles. The lowest BCUT2D eigenvalue weighted by molar-refractivity contribution is -0.125. The number of amides is 1. The van der Waals surface area contributed by atoms with Crippen LogP contribution in [0.25, 0.3) is 0 Å². The Morgan fingerprint density at radius 1 is 1.43 bits per heavy atom. The second-order valence-corrected chi connectivity index (χ2v) is 5.65. The molecule has 4 nitrogen and oxygen atoms in total. The Labute approximate surface area is 131 Å². The summed E-state index contributed by atoms with van der Waals surface area (Å²) in [5.41, 5.74) is 1.14. The molecule has 1 aromatic rings. The van der Waals surface area contributed by atoms with Crippen molar-refractivity contribution in [3.05, 3.63) is 41.9 Å². The van der Waals surface area contributed by atoms with E-state index in [9.17, 15) is 4.79 Å². The van der Waals surface area contributed by atoms with Crippen molar-refractivity contribution < 1.29 is 4.79 Å². The molecule has 0 radical (unpaired) electrons. The first kappa shape index (κ1) is 15.9. The van der Waals surface area contributed by atoms with E-state index >= 15 is 0 Å². The molecule has 1 amide bonds. The van der Waals surface area contributed by atoms with Gasteiger partial charge in [-0.3, -0.25) is 9.69 Å². The van der Waals surface area contributed by atoms with Crippen LogP contribution < -0.4 is 10.2 Å². The number of halogens is 1. The predicted molar refractivity (Wildman–Crippen MR) is 87.9 cm³/mol. The SMILES string of the molecule is C=CCNC(=O)C(C)N1CCN(c2cccc(Cl)c2)CC1. The summed E-state index contributed by atoms with van der Waals surface area (Å²) in [6.07, 6.45) is 1.70. The van der Waals surface area contributed by atoms with E-state index in [4.69, 9.17) is 11.6 Å². The highest BCUT2D eigenvalue weighted by Gasteiger charge is 2.25. The number of benzene rings is 1. The lowest BCUT2D eigenvalue weighted by Crippen LogP contribution is -2.54. The van der Waals surface area contributed by atoms with Crippen LogP contribution in [0.1, 0.15) is 6.92 Å². The minimum Gasteiger partial charge on any atom is -0.369 e. The molecule has 0 aromatic heterocycles. The maximum Gasteiger partial charge on any atom is 0.237 e. The zero-order valence-corrected chi connectivity index (χ0v) is 13.1. The number of rotatable bonds is 5. The molecule has 0 bridgehead atoms. The molecule has 1 unspecified atom stereocenters. The van der Waals surface area contributed by atoms with Gasteiger partial charge in [-0.25, -0.2) is 0 Å². The molecule has 1 fully saturated rings. The minimum atomic E-state index is -0.105. The molecule has 1 aliphatic heterocycles. The van der Waals surface area contributed by atoms with Gasteiger partial charge in [-0.05, 0) is 25.1 Å². The lowest BCUT2D eigenvalue weighted by Gasteiger charge is -2.38. The number of nitrogens with zero attached hydrogens (tertiary/aromatic N) is 2. The fourth-order valence-electron chi connectivity index (χ4n) is 2.53. The Morgan fingerprint density at radius 2 is 2.14 bits per heavy atom. The molecular formula is C16H22ClN3O.